The molecular weight excluding hydrogens is 334 g/mol. The number of aliphatic imine (C=N–C) groups is 1. The lowest BCUT2D eigenvalue weighted by Gasteiger charge is -2.34. The number of aliphatic hydroxyl groups is 1. The van der Waals surface area contributed by atoms with Crippen LogP contribution < -0.4 is 0 Å². The van der Waals surface area contributed by atoms with Gasteiger partial charge in [-0.15, -0.1) is 0 Å². The van der Waals surface area contributed by atoms with E-state index in [2.05, 4.69) is 14.8 Å². The second kappa shape index (κ2) is 7.49. The lowest BCUT2D eigenvalue weighted by Crippen LogP contribution is -2.48. The first-order valence-electron chi connectivity index (χ1n) is 7.52. The maximum atomic E-state index is 12.1. The van der Waals surface area contributed by atoms with Crippen LogP contribution >= 0.6 is 23.4 Å². The van der Waals surface area contributed by atoms with Crippen molar-refractivity contribution >= 4 is 40.5 Å². The average molecular weight is 352 g/mol. The van der Waals surface area contributed by atoms with Crippen molar-refractivity contribution in [3.8, 4) is 0 Å². The zero-order chi connectivity index (χ0) is 16.2. The van der Waals surface area contributed by atoms with Gasteiger partial charge >= 0.3 is 0 Å². The van der Waals surface area contributed by atoms with E-state index in [0.29, 0.717) is 16.5 Å². The molecule has 0 spiro atoms. The molecule has 1 aromatic carbocycles. The molecule has 2 aliphatic heterocycles. The van der Waals surface area contributed by atoms with Gasteiger partial charge in [0.25, 0.3) is 5.91 Å². The van der Waals surface area contributed by atoms with E-state index in [9.17, 15) is 4.79 Å². The van der Waals surface area contributed by atoms with Crippen LogP contribution in [0, 0.1) is 0 Å². The minimum absolute atomic E-state index is 0.179. The number of amidine groups is 1. The maximum Gasteiger partial charge on any atom is 0.286 e. The summed E-state index contributed by atoms with van der Waals surface area (Å²) in [4.78, 5) is 21.2. The van der Waals surface area contributed by atoms with E-state index in [4.69, 9.17) is 16.7 Å². The number of hydrogen-bond donors (Lipinski definition) is 1. The van der Waals surface area contributed by atoms with Crippen molar-refractivity contribution in [2.24, 2.45) is 4.99 Å². The molecule has 0 bridgehead atoms. The van der Waals surface area contributed by atoms with E-state index in [1.165, 1.54) is 11.8 Å². The third-order valence-electron chi connectivity index (χ3n) is 3.86. The number of carbonyl (C=O) groups is 1. The standard InChI is InChI=1S/C16H18ClN3O2S/c17-13-4-2-1-3-12(13)11-14-15(22)18-16(23-14)20-7-5-19(6-8-20)9-10-21/h1-4,11,21H,5-10H2/b14-11-. The summed E-state index contributed by atoms with van der Waals surface area (Å²) in [6, 6.07) is 7.45. The molecule has 3 rings (SSSR count). The highest BCUT2D eigenvalue weighted by atomic mass is 35.5. The van der Waals surface area contributed by atoms with Crippen LogP contribution in [0.5, 0.6) is 0 Å². The van der Waals surface area contributed by atoms with Crippen LogP contribution in [0.3, 0.4) is 0 Å². The van der Waals surface area contributed by atoms with E-state index >= 15 is 0 Å². The van der Waals surface area contributed by atoms with Crippen LogP contribution in [0.15, 0.2) is 34.2 Å². The number of nitrogens with zero attached hydrogens (tertiary/aromatic N) is 3. The number of β-amino-alcohol motifs (C(OH)–C–C–N with tert-alkyl or cyclic N) is 1. The first kappa shape index (κ1) is 16.5. The molecule has 0 atom stereocenters. The van der Waals surface area contributed by atoms with Crippen molar-refractivity contribution in [1.82, 2.24) is 9.80 Å². The van der Waals surface area contributed by atoms with Gasteiger partial charge in [0.05, 0.1) is 11.5 Å². The Morgan fingerprint density at radius 1 is 1.26 bits per heavy atom. The number of amides is 1. The number of rotatable bonds is 3. The predicted molar refractivity (Wildman–Crippen MR) is 94.6 cm³/mol. The molecule has 23 heavy (non-hydrogen) atoms. The highest BCUT2D eigenvalue weighted by Gasteiger charge is 2.28. The largest absolute Gasteiger partial charge is 0.395 e. The number of carbonyl (C=O) groups excluding carboxylic acids is 1. The summed E-state index contributed by atoms with van der Waals surface area (Å²) in [5, 5.41) is 10.4. The molecule has 7 heteroatoms. The second-order valence-corrected chi connectivity index (χ2v) is 6.80. The van der Waals surface area contributed by atoms with Gasteiger partial charge in [0, 0.05) is 37.7 Å². The molecule has 1 fully saturated rings. The van der Waals surface area contributed by atoms with Crippen LogP contribution in [0.25, 0.3) is 6.08 Å². The summed E-state index contributed by atoms with van der Waals surface area (Å²) in [6.07, 6.45) is 1.80. The van der Waals surface area contributed by atoms with Crippen LogP contribution in [-0.2, 0) is 4.79 Å². The molecule has 2 aliphatic rings. The van der Waals surface area contributed by atoms with Crippen molar-refractivity contribution < 1.29 is 9.90 Å². The van der Waals surface area contributed by atoms with Gasteiger partial charge < -0.3 is 10.0 Å². The Morgan fingerprint density at radius 2 is 2.00 bits per heavy atom. The molecule has 5 nitrogen and oxygen atoms in total. The summed E-state index contributed by atoms with van der Waals surface area (Å²) < 4.78 is 0. The highest BCUT2D eigenvalue weighted by molar-refractivity contribution is 8.18. The van der Waals surface area contributed by atoms with E-state index in [-0.39, 0.29) is 12.5 Å². The first-order chi connectivity index (χ1) is 11.2. The van der Waals surface area contributed by atoms with Gasteiger partial charge in [-0.2, -0.15) is 4.99 Å². The molecule has 0 radical (unpaired) electrons. The Bertz CT molecular complexity index is 654. The fourth-order valence-electron chi connectivity index (χ4n) is 2.57. The SMILES string of the molecule is O=C1N=C(N2CCN(CCO)CC2)S/C1=C\c1ccccc1Cl. The van der Waals surface area contributed by atoms with Gasteiger partial charge in [-0.25, -0.2) is 0 Å². The van der Waals surface area contributed by atoms with Crippen molar-refractivity contribution in [3.05, 3.63) is 39.8 Å². The predicted octanol–water partition coefficient (Wildman–Crippen LogP) is 1.92. The van der Waals surface area contributed by atoms with Gasteiger partial charge in [-0.1, -0.05) is 29.8 Å². The summed E-state index contributed by atoms with van der Waals surface area (Å²) in [5.41, 5.74) is 0.828. The number of aliphatic hydroxyl groups excluding tert-OH is 1. The van der Waals surface area contributed by atoms with Crippen LogP contribution in [0.1, 0.15) is 5.56 Å². The Hall–Kier alpha value is -1.34. The number of thioether (sulfide) groups is 1. The molecule has 2 heterocycles. The lowest BCUT2D eigenvalue weighted by atomic mass is 10.2. The van der Waals surface area contributed by atoms with Gasteiger partial charge in [-0.05, 0) is 29.5 Å². The molecule has 0 saturated carbocycles. The summed E-state index contributed by atoms with van der Waals surface area (Å²) >= 11 is 7.55. The van der Waals surface area contributed by atoms with Crippen molar-refractivity contribution in [2.45, 2.75) is 0 Å². The van der Waals surface area contributed by atoms with Crippen LogP contribution in [0.2, 0.25) is 5.02 Å². The smallest absolute Gasteiger partial charge is 0.286 e. The number of halogens is 1. The molecule has 0 aromatic heterocycles. The van der Waals surface area contributed by atoms with E-state index in [0.717, 1.165) is 36.9 Å². The summed E-state index contributed by atoms with van der Waals surface area (Å²) in [6.45, 7) is 4.26. The molecule has 122 valence electrons. The molecule has 0 unspecified atom stereocenters. The molecule has 0 aliphatic carbocycles. The van der Waals surface area contributed by atoms with Crippen molar-refractivity contribution in [2.75, 3.05) is 39.3 Å². The third-order valence-corrected chi connectivity index (χ3v) is 5.25. The second-order valence-electron chi connectivity index (χ2n) is 5.38. The molecule has 1 saturated heterocycles. The molecule has 1 amide bonds. The zero-order valence-electron chi connectivity index (χ0n) is 12.6. The Kier molecular flexibility index (Phi) is 5.38. The van der Waals surface area contributed by atoms with Gasteiger partial charge in [-0.3, -0.25) is 9.69 Å². The fourth-order valence-corrected chi connectivity index (χ4v) is 3.72. The van der Waals surface area contributed by atoms with E-state index in [1.54, 1.807) is 12.1 Å². The van der Waals surface area contributed by atoms with E-state index in [1.807, 2.05) is 18.2 Å². The highest BCUT2D eigenvalue weighted by Crippen LogP contribution is 2.31. The Morgan fingerprint density at radius 3 is 2.70 bits per heavy atom. The van der Waals surface area contributed by atoms with Crippen molar-refractivity contribution in [1.29, 1.82) is 0 Å². The number of benzene rings is 1. The van der Waals surface area contributed by atoms with Crippen molar-refractivity contribution in [3.63, 3.8) is 0 Å². The maximum absolute atomic E-state index is 12.1. The van der Waals surface area contributed by atoms with Gasteiger partial charge in [0.15, 0.2) is 5.17 Å². The summed E-state index contributed by atoms with van der Waals surface area (Å²) in [7, 11) is 0. The fraction of sp³-hybridized carbons (Fsp3) is 0.375. The van der Waals surface area contributed by atoms with Gasteiger partial charge in [0.1, 0.15) is 0 Å². The first-order valence-corrected chi connectivity index (χ1v) is 8.72. The monoisotopic (exact) mass is 351 g/mol. The topological polar surface area (TPSA) is 56.1 Å². The number of hydrogen-bond acceptors (Lipinski definition) is 5. The molecule has 1 N–H and O–H groups in total. The number of piperazine rings is 1. The third kappa shape index (κ3) is 3.95. The Balaban J connectivity index is 1.66. The molecular formula is C16H18ClN3O2S. The van der Waals surface area contributed by atoms with Crippen LogP contribution in [0.4, 0.5) is 0 Å². The quantitative estimate of drug-likeness (QED) is 0.843. The van der Waals surface area contributed by atoms with Crippen LogP contribution in [-0.4, -0.2) is 65.3 Å². The Labute approximate surface area is 144 Å². The summed E-state index contributed by atoms with van der Waals surface area (Å²) in [5.74, 6) is -0.206. The minimum Gasteiger partial charge on any atom is -0.395 e. The zero-order valence-corrected chi connectivity index (χ0v) is 14.2. The lowest BCUT2D eigenvalue weighted by molar-refractivity contribution is -0.113. The average Bonchev–Trinajstić information content (AvgIpc) is 2.92. The molecule has 1 aromatic rings. The minimum atomic E-state index is -0.206. The van der Waals surface area contributed by atoms with E-state index < -0.39 is 0 Å². The normalized spacial score (nSPS) is 21.1. The van der Waals surface area contributed by atoms with Gasteiger partial charge in [0.2, 0.25) is 0 Å².